The first-order chi connectivity index (χ1) is 9.34. The topological polar surface area (TPSA) is 44.8 Å². The molecule has 1 fully saturated rings. The number of ether oxygens (including phenoxy) is 3. The van der Waals surface area contributed by atoms with E-state index in [1.165, 1.54) is 0 Å². The van der Waals surface area contributed by atoms with Gasteiger partial charge in [-0.1, -0.05) is 6.07 Å². The number of para-hydroxylation sites is 1. The Morgan fingerprint density at radius 1 is 1.11 bits per heavy atom. The summed E-state index contributed by atoms with van der Waals surface area (Å²) in [6, 6.07) is 5.53. The lowest BCUT2D eigenvalue weighted by Gasteiger charge is -2.23. The fraction of sp³-hybridized carbons (Fsp3) is 0.533. The van der Waals surface area contributed by atoms with Crippen LogP contribution >= 0.6 is 0 Å². The number of carbonyl (C=O) groups is 1. The Morgan fingerprint density at radius 3 is 2.74 bits per heavy atom. The molecule has 0 atom stereocenters. The van der Waals surface area contributed by atoms with Crippen LogP contribution in [0.4, 0.5) is 0 Å². The van der Waals surface area contributed by atoms with E-state index in [2.05, 4.69) is 0 Å². The summed E-state index contributed by atoms with van der Waals surface area (Å²) in [6.07, 6.45) is 2.51. The second-order valence-electron chi connectivity index (χ2n) is 5.01. The minimum atomic E-state index is 0.147. The van der Waals surface area contributed by atoms with Crippen LogP contribution in [0.15, 0.2) is 18.2 Å². The van der Waals surface area contributed by atoms with Crippen LogP contribution in [0.1, 0.15) is 29.6 Å². The Balaban J connectivity index is 1.75. The second kappa shape index (κ2) is 5.61. The third kappa shape index (κ3) is 2.73. The largest absolute Gasteiger partial charge is 0.486 e. The maximum atomic E-state index is 12.4. The molecular formula is C15H18O4. The number of Topliss-reactive ketones (excluding diaryl/α,β-unsaturated/α-hetero) is 1. The lowest BCUT2D eigenvalue weighted by Crippen LogP contribution is -2.21. The van der Waals surface area contributed by atoms with Crippen LogP contribution in [0, 0.1) is 5.92 Å². The smallest absolute Gasteiger partial charge is 0.172 e. The SMILES string of the molecule is O=C(CC1CCOCC1)c1cccc2c1OCCO2. The Kier molecular flexibility index (Phi) is 3.69. The van der Waals surface area contributed by atoms with E-state index >= 15 is 0 Å². The first-order valence-electron chi connectivity index (χ1n) is 6.84. The van der Waals surface area contributed by atoms with Crippen molar-refractivity contribution in [3.63, 3.8) is 0 Å². The molecule has 2 aliphatic heterocycles. The van der Waals surface area contributed by atoms with Gasteiger partial charge < -0.3 is 14.2 Å². The van der Waals surface area contributed by atoms with E-state index < -0.39 is 0 Å². The average molecular weight is 262 g/mol. The predicted molar refractivity (Wildman–Crippen MR) is 69.9 cm³/mol. The first kappa shape index (κ1) is 12.5. The van der Waals surface area contributed by atoms with E-state index in [9.17, 15) is 4.79 Å². The van der Waals surface area contributed by atoms with Crippen molar-refractivity contribution in [2.75, 3.05) is 26.4 Å². The molecule has 2 heterocycles. The molecule has 1 aromatic carbocycles. The van der Waals surface area contributed by atoms with Crippen molar-refractivity contribution in [2.45, 2.75) is 19.3 Å². The zero-order chi connectivity index (χ0) is 13.1. The average Bonchev–Trinajstić information content (AvgIpc) is 2.47. The molecule has 0 amide bonds. The highest BCUT2D eigenvalue weighted by molar-refractivity contribution is 5.99. The third-order valence-corrected chi connectivity index (χ3v) is 3.68. The molecule has 0 unspecified atom stereocenters. The number of hydrogen-bond acceptors (Lipinski definition) is 4. The highest BCUT2D eigenvalue weighted by Gasteiger charge is 2.23. The van der Waals surface area contributed by atoms with Crippen LogP contribution in [0.25, 0.3) is 0 Å². The molecule has 4 nitrogen and oxygen atoms in total. The van der Waals surface area contributed by atoms with Crippen LogP contribution < -0.4 is 9.47 Å². The van der Waals surface area contributed by atoms with Crippen molar-refractivity contribution >= 4 is 5.78 Å². The van der Waals surface area contributed by atoms with Gasteiger partial charge in [0.2, 0.25) is 0 Å². The van der Waals surface area contributed by atoms with Crippen LogP contribution in [0.3, 0.4) is 0 Å². The Bertz CT molecular complexity index is 463. The third-order valence-electron chi connectivity index (χ3n) is 3.68. The van der Waals surface area contributed by atoms with Crippen molar-refractivity contribution in [3.05, 3.63) is 23.8 Å². The summed E-state index contributed by atoms with van der Waals surface area (Å²) in [5.74, 6) is 1.88. The number of fused-ring (bicyclic) bond motifs is 1. The van der Waals surface area contributed by atoms with Gasteiger partial charge in [-0.25, -0.2) is 0 Å². The molecule has 1 saturated heterocycles. The highest BCUT2D eigenvalue weighted by Crippen LogP contribution is 2.35. The molecule has 0 saturated carbocycles. The zero-order valence-corrected chi connectivity index (χ0v) is 10.9. The van der Waals surface area contributed by atoms with E-state index in [-0.39, 0.29) is 5.78 Å². The fourth-order valence-corrected chi connectivity index (χ4v) is 2.62. The van der Waals surface area contributed by atoms with Gasteiger partial charge in [-0.2, -0.15) is 0 Å². The summed E-state index contributed by atoms with van der Waals surface area (Å²) in [4.78, 5) is 12.4. The van der Waals surface area contributed by atoms with Gasteiger partial charge in [-0.05, 0) is 30.9 Å². The number of carbonyl (C=O) groups excluding carboxylic acids is 1. The van der Waals surface area contributed by atoms with Gasteiger partial charge in [0.25, 0.3) is 0 Å². The second-order valence-corrected chi connectivity index (χ2v) is 5.01. The highest BCUT2D eigenvalue weighted by atomic mass is 16.6. The van der Waals surface area contributed by atoms with Gasteiger partial charge in [-0.15, -0.1) is 0 Å². The van der Waals surface area contributed by atoms with E-state index in [0.717, 1.165) is 26.1 Å². The van der Waals surface area contributed by atoms with Gasteiger partial charge in [0.05, 0.1) is 5.56 Å². The molecule has 2 aliphatic rings. The standard InChI is InChI=1S/C15H18O4/c16-13(10-11-4-6-17-7-5-11)12-2-1-3-14-15(12)19-9-8-18-14/h1-3,11H,4-10H2. The van der Waals surface area contributed by atoms with E-state index in [4.69, 9.17) is 14.2 Å². The lowest BCUT2D eigenvalue weighted by atomic mass is 9.91. The lowest BCUT2D eigenvalue weighted by molar-refractivity contribution is 0.0599. The Labute approximate surface area is 112 Å². The van der Waals surface area contributed by atoms with Gasteiger partial charge >= 0.3 is 0 Å². The molecule has 4 heteroatoms. The molecule has 0 aliphatic carbocycles. The monoisotopic (exact) mass is 262 g/mol. The molecule has 0 aromatic heterocycles. The number of hydrogen-bond donors (Lipinski definition) is 0. The first-order valence-corrected chi connectivity index (χ1v) is 6.84. The molecule has 3 rings (SSSR count). The summed E-state index contributed by atoms with van der Waals surface area (Å²) >= 11 is 0. The maximum Gasteiger partial charge on any atom is 0.172 e. The molecular weight excluding hydrogens is 244 g/mol. The molecule has 19 heavy (non-hydrogen) atoms. The van der Waals surface area contributed by atoms with Gasteiger partial charge in [0.1, 0.15) is 13.2 Å². The van der Waals surface area contributed by atoms with Crippen molar-refractivity contribution in [1.29, 1.82) is 0 Å². The van der Waals surface area contributed by atoms with Crippen molar-refractivity contribution < 1.29 is 19.0 Å². The molecule has 102 valence electrons. The van der Waals surface area contributed by atoms with Gasteiger partial charge in [0.15, 0.2) is 17.3 Å². The maximum absolute atomic E-state index is 12.4. The van der Waals surface area contributed by atoms with Crippen molar-refractivity contribution in [1.82, 2.24) is 0 Å². The predicted octanol–water partition coefficient (Wildman–Crippen LogP) is 2.46. The van der Waals surface area contributed by atoms with Gasteiger partial charge in [0, 0.05) is 19.6 Å². The van der Waals surface area contributed by atoms with E-state index in [1.807, 2.05) is 18.2 Å². The quantitative estimate of drug-likeness (QED) is 0.785. The van der Waals surface area contributed by atoms with Crippen molar-refractivity contribution in [3.8, 4) is 11.5 Å². The summed E-state index contributed by atoms with van der Waals surface area (Å²) in [7, 11) is 0. The molecule has 0 spiro atoms. The molecule has 0 N–H and O–H groups in total. The molecule has 0 bridgehead atoms. The van der Waals surface area contributed by atoms with E-state index in [1.54, 1.807) is 0 Å². The van der Waals surface area contributed by atoms with Gasteiger partial charge in [-0.3, -0.25) is 4.79 Å². The Hall–Kier alpha value is -1.55. The Morgan fingerprint density at radius 2 is 1.89 bits per heavy atom. The minimum Gasteiger partial charge on any atom is -0.486 e. The van der Waals surface area contributed by atoms with Crippen LogP contribution in [-0.4, -0.2) is 32.2 Å². The summed E-state index contributed by atoms with van der Waals surface area (Å²) in [5, 5.41) is 0. The number of benzene rings is 1. The summed E-state index contributed by atoms with van der Waals surface area (Å²) in [6.45, 7) is 2.59. The molecule has 1 aromatic rings. The molecule has 0 radical (unpaired) electrons. The normalized spacial score (nSPS) is 19.2. The minimum absolute atomic E-state index is 0.147. The fourth-order valence-electron chi connectivity index (χ4n) is 2.62. The van der Waals surface area contributed by atoms with Crippen LogP contribution in [0.2, 0.25) is 0 Å². The van der Waals surface area contributed by atoms with Crippen molar-refractivity contribution in [2.24, 2.45) is 5.92 Å². The summed E-state index contributed by atoms with van der Waals surface area (Å²) in [5.41, 5.74) is 0.656. The van der Waals surface area contributed by atoms with E-state index in [0.29, 0.717) is 42.6 Å². The summed E-state index contributed by atoms with van der Waals surface area (Å²) < 4.78 is 16.4. The van der Waals surface area contributed by atoms with Crippen LogP contribution in [0.5, 0.6) is 11.5 Å². The number of rotatable bonds is 3. The zero-order valence-electron chi connectivity index (χ0n) is 10.9. The van der Waals surface area contributed by atoms with Crippen LogP contribution in [-0.2, 0) is 4.74 Å². The number of ketones is 1.